The molecule has 1 aromatic carbocycles. The molecule has 2 atom stereocenters. The fourth-order valence-corrected chi connectivity index (χ4v) is 1.85. The van der Waals surface area contributed by atoms with E-state index in [1.807, 2.05) is 18.2 Å². The van der Waals surface area contributed by atoms with Crippen LogP contribution in [0, 0.1) is 11.8 Å². The summed E-state index contributed by atoms with van der Waals surface area (Å²) in [5.74, 6) is 0.683. The van der Waals surface area contributed by atoms with E-state index in [9.17, 15) is 9.59 Å². The molecule has 96 valence electrons. The molecule has 0 radical (unpaired) electrons. The van der Waals surface area contributed by atoms with Crippen molar-refractivity contribution in [2.45, 2.75) is 26.7 Å². The van der Waals surface area contributed by atoms with Crippen LogP contribution >= 0.6 is 0 Å². The van der Waals surface area contributed by atoms with Crippen molar-refractivity contribution in [3.63, 3.8) is 0 Å². The quantitative estimate of drug-likeness (QED) is 0.858. The van der Waals surface area contributed by atoms with E-state index in [0.29, 0.717) is 18.0 Å². The lowest BCUT2D eigenvalue weighted by atomic mass is 10.2. The highest BCUT2D eigenvalue weighted by molar-refractivity contribution is 5.96. The molecule has 2 rings (SSSR count). The Morgan fingerprint density at radius 3 is 2.44 bits per heavy atom. The summed E-state index contributed by atoms with van der Waals surface area (Å²) >= 11 is 0. The zero-order valence-electron chi connectivity index (χ0n) is 10.7. The van der Waals surface area contributed by atoms with Crippen molar-refractivity contribution in [1.82, 2.24) is 0 Å². The third-order valence-corrected chi connectivity index (χ3v) is 3.18. The van der Waals surface area contributed by atoms with Gasteiger partial charge in [0.15, 0.2) is 0 Å². The first-order valence-corrected chi connectivity index (χ1v) is 6.31. The molecule has 1 fully saturated rings. The van der Waals surface area contributed by atoms with Gasteiger partial charge in [0.2, 0.25) is 11.8 Å². The summed E-state index contributed by atoms with van der Waals surface area (Å²) in [5, 5.41) is 5.64. The molecule has 1 saturated carbocycles. The summed E-state index contributed by atoms with van der Waals surface area (Å²) in [6, 6.07) is 7.23. The number of anilines is 2. The first kappa shape index (κ1) is 12.6. The first-order valence-electron chi connectivity index (χ1n) is 6.31. The Morgan fingerprint density at radius 1 is 1.28 bits per heavy atom. The largest absolute Gasteiger partial charge is 0.326 e. The number of hydrogen-bond acceptors (Lipinski definition) is 2. The van der Waals surface area contributed by atoms with Gasteiger partial charge in [-0.25, -0.2) is 0 Å². The van der Waals surface area contributed by atoms with E-state index in [0.717, 1.165) is 12.1 Å². The minimum Gasteiger partial charge on any atom is -0.326 e. The van der Waals surface area contributed by atoms with Crippen molar-refractivity contribution >= 4 is 23.2 Å². The highest BCUT2D eigenvalue weighted by Gasteiger charge is 2.39. The van der Waals surface area contributed by atoms with Gasteiger partial charge >= 0.3 is 0 Å². The maximum atomic E-state index is 11.8. The molecule has 1 aliphatic carbocycles. The van der Waals surface area contributed by atoms with Crippen molar-refractivity contribution in [3.8, 4) is 0 Å². The monoisotopic (exact) mass is 246 g/mol. The van der Waals surface area contributed by atoms with Gasteiger partial charge in [0, 0.05) is 23.7 Å². The van der Waals surface area contributed by atoms with E-state index < -0.39 is 0 Å². The summed E-state index contributed by atoms with van der Waals surface area (Å²) in [5.41, 5.74) is 1.44. The number of amides is 2. The normalized spacial score (nSPS) is 21.2. The summed E-state index contributed by atoms with van der Waals surface area (Å²) < 4.78 is 0. The van der Waals surface area contributed by atoms with E-state index in [2.05, 4.69) is 17.6 Å². The van der Waals surface area contributed by atoms with Crippen LogP contribution in [-0.2, 0) is 9.59 Å². The number of benzene rings is 1. The molecule has 4 heteroatoms. The van der Waals surface area contributed by atoms with Gasteiger partial charge in [0.1, 0.15) is 0 Å². The third kappa shape index (κ3) is 3.09. The standard InChI is InChI=1S/C14H18N2O2/c1-3-13(17)15-10-5-4-6-11(8-10)16-14(18)12-7-9(12)2/h4-6,8-9,12H,3,7H2,1-2H3,(H,15,17)(H,16,18)/t9-,12-/m0/s1. The number of carbonyl (C=O) groups excluding carboxylic acids is 2. The minimum absolute atomic E-state index is 0.0331. The minimum atomic E-state index is -0.0331. The average Bonchev–Trinajstić information content (AvgIpc) is 3.07. The zero-order valence-corrected chi connectivity index (χ0v) is 10.7. The van der Waals surface area contributed by atoms with Crippen LogP contribution in [0.3, 0.4) is 0 Å². The molecule has 0 spiro atoms. The summed E-state index contributed by atoms with van der Waals surface area (Å²) in [4.78, 5) is 23.1. The molecule has 0 heterocycles. The van der Waals surface area contributed by atoms with Gasteiger partial charge in [-0.1, -0.05) is 19.9 Å². The second-order valence-corrected chi connectivity index (χ2v) is 4.79. The molecule has 0 saturated heterocycles. The fourth-order valence-electron chi connectivity index (χ4n) is 1.85. The van der Waals surface area contributed by atoms with Crippen molar-refractivity contribution < 1.29 is 9.59 Å². The van der Waals surface area contributed by atoms with E-state index in [-0.39, 0.29) is 17.7 Å². The number of rotatable bonds is 4. The lowest BCUT2D eigenvalue weighted by Gasteiger charge is -2.08. The Kier molecular flexibility index (Phi) is 3.65. The van der Waals surface area contributed by atoms with Crippen LogP contribution in [0.15, 0.2) is 24.3 Å². The van der Waals surface area contributed by atoms with Gasteiger partial charge < -0.3 is 10.6 Å². The summed E-state index contributed by atoms with van der Waals surface area (Å²) in [6.07, 6.45) is 1.41. The Balaban J connectivity index is 1.98. The molecule has 18 heavy (non-hydrogen) atoms. The van der Waals surface area contributed by atoms with Crippen molar-refractivity contribution in [1.29, 1.82) is 0 Å². The second kappa shape index (κ2) is 5.21. The number of hydrogen-bond donors (Lipinski definition) is 2. The van der Waals surface area contributed by atoms with Crippen molar-refractivity contribution in [3.05, 3.63) is 24.3 Å². The lowest BCUT2D eigenvalue weighted by molar-refractivity contribution is -0.117. The Morgan fingerprint density at radius 2 is 1.89 bits per heavy atom. The molecular weight excluding hydrogens is 228 g/mol. The van der Waals surface area contributed by atoms with Gasteiger partial charge in [0.05, 0.1) is 0 Å². The zero-order chi connectivity index (χ0) is 13.1. The molecule has 0 aromatic heterocycles. The van der Waals surface area contributed by atoms with Crippen LogP contribution in [0.5, 0.6) is 0 Å². The Labute approximate surface area is 107 Å². The van der Waals surface area contributed by atoms with Crippen LogP contribution < -0.4 is 10.6 Å². The van der Waals surface area contributed by atoms with E-state index in [1.165, 1.54) is 0 Å². The average molecular weight is 246 g/mol. The molecule has 1 aromatic rings. The van der Waals surface area contributed by atoms with E-state index in [1.54, 1.807) is 13.0 Å². The molecule has 4 nitrogen and oxygen atoms in total. The molecule has 0 aliphatic heterocycles. The van der Waals surface area contributed by atoms with Crippen LogP contribution in [0.25, 0.3) is 0 Å². The van der Waals surface area contributed by atoms with E-state index in [4.69, 9.17) is 0 Å². The molecule has 0 unspecified atom stereocenters. The highest BCUT2D eigenvalue weighted by Crippen LogP contribution is 2.38. The molecule has 2 amide bonds. The third-order valence-electron chi connectivity index (χ3n) is 3.18. The molecule has 2 N–H and O–H groups in total. The first-order chi connectivity index (χ1) is 8.60. The van der Waals surface area contributed by atoms with Crippen molar-refractivity contribution in [2.75, 3.05) is 10.6 Å². The van der Waals surface area contributed by atoms with Gasteiger partial charge in [-0.3, -0.25) is 9.59 Å². The molecule has 1 aliphatic rings. The predicted octanol–water partition coefficient (Wildman–Crippen LogP) is 2.63. The molecular formula is C14H18N2O2. The van der Waals surface area contributed by atoms with Gasteiger partial charge in [0.25, 0.3) is 0 Å². The number of nitrogens with one attached hydrogen (secondary N) is 2. The van der Waals surface area contributed by atoms with Crippen molar-refractivity contribution in [2.24, 2.45) is 11.8 Å². The predicted molar refractivity (Wildman–Crippen MR) is 71.3 cm³/mol. The SMILES string of the molecule is CCC(=O)Nc1cccc(NC(=O)[C@H]2C[C@@H]2C)c1. The topological polar surface area (TPSA) is 58.2 Å². The molecule has 0 bridgehead atoms. The number of carbonyl (C=O) groups is 2. The summed E-state index contributed by atoms with van der Waals surface area (Å²) in [7, 11) is 0. The lowest BCUT2D eigenvalue weighted by Crippen LogP contribution is -2.15. The fraction of sp³-hybridized carbons (Fsp3) is 0.429. The summed E-state index contributed by atoms with van der Waals surface area (Å²) in [6.45, 7) is 3.87. The van der Waals surface area contributed by atoms with E-state index >= 15 is 0 Å². The van der Waals surface area contributed by atoms with Crippen LogP contribution in [0.4, 0.5) is 11.4 Å². The Hall–Kier alpha value is -1.84. The highest BCUT2D eigenvalue weighted by atomic mass is 16.2. The Bertz CT molecular complexity index is 471. The second-order valence-electron chi connectivity index (χ2n) is 4.79. The van der Waals surface area contributed by atoms with Gasteiger partial charge in [-0.15, -0.1) is 0 Å². The maximum Gasteiger partial charge on any atom is 0.227 e. The van der Waals surface area contributed by atoms with Crippen LogP contribution in [-0.4, -0.2) is 11.8 Å². The maximum absolute atomic E-state index is 11.8. The van der Waals surface area contributed by atoms with Gasteiger partial charge in [-0.2, -0.15) is 0 Å². The van der Waals surface area contributed by atoms with Crippen LogP contribution in [0.1, 0.15) is 26.7 Å². The van der Waals surface area contributed by atoms with Crippen LogP contribution in [0.2, 0.25) is 0 Å². The smallest absolute Gasteiger partial charge is 0.227 e. The van der Waals surface area contributed by atoms with Gasteiger partial charge in [-0.05, 0) is 30.5 Å².